The van der Waals surface area contributed by atoms with Gasteiger partial charge in [-0.1, -0.05) is 60.7 Å². The third kappa shape index (κ3) is 13.3. The normalized spacial score (nSPS) is 13.5. The zero-order valence-corrected chi connectivity index (χ0v) is 37.9. The Labute approximate surface area is 388 Å². The van der Waals surface area contributed by atoms with Crippen LogP contribution in [0, 0.1) is 0 Å². The lowest BCUT2D eigenvalue weighted by molar-refractivity contribution is -0.132. The van der Waals surface area contributed by atoms with Gasteiger partial charge in [-0.2, -0.15) is 10.2 Å². The minimum atomic E-state index is -1.01. The molecule has 5 amide bonds. The van der Waals surface area contributed by atoms with E-state index >= 15 is 0 Å². The molecule has 4 N–H and O–H groups in total. The average Bonchev–Trinajstić information content (AvgIpc) is 3.92. The summed E-state index contributed by atoms with van der Waals surface area (Å²) in [6, 6.07) is 19.0. The molecule has 6 aromatic rings. The van der Waals surface area contributed by atoms with Crippen LogP contribution in [-0.2, 0) is 32.3 Å². The number of aromatic carboxylic acids is 1. The van der Waals surface area contributed by atoms with Gasteiger partial charge in [0.1, 0.15) is 13.2 Å². The quantitative estimate of drug-likeness (QED) is 0.188. The Kier molecular flexibility index (Phi) is 16.9. The molecule has 0 saturated carbocycles. The lowest BCUT2D eigenvalue weighted by atomic mass is 10.2. The van der Waals surface area contributed by atoms with E-state index < -0.39 is 18.0 Å². The zero-order chi connectivity index (χ0) is 46.3. The SMILES string of the molecule is NCC(=O)N1CCN(C(=O)OCc2ccccc2)CC1.O=C(NCC(=O)N1CCN(C(=O)OCc2ccccc2)CC1)c1cnc2c(Br)cnn2c1.O=C(O)c1cnc2c(Br)cnn2c1. The average molecular weight is 1020 g/mol. The number of fused-ring (bicyclic) bond motifs is 2. The summed E-state index contributed by atoms with van der Waals surface area (Å²) < 4.78 is 14.9. The Morgan fingerprint density at radius 2 is 1.02 bits per heavy atom. The van der Waals surface area contributed by atoms with Crippen molar-refractivity contribution in [3.63, 3.8) is 0 Å². The maximum Gasteiger partial charge on any atom is 0.410 e. The van der Waals surface area contributed by atoms with Gasteiger partial charge in [-0.05, 0) is 43.0 Å². The topological polar surface area (TPSA) is 252 Å². The van der Waals surface area contributed by atoms with Crippen molar-refractivity contribution in [2.45, 2.75) is 13.2 Å². The van der Waals surface area contributed by atoms with Gasteiger partial charge >= 0.3 is 18.2 Å². The fourth-order valence-corrected chi connectivity index (χ4v) is 7.07. The molecular formula is C42H44Br2N12O9. The highest BCUT2D eigenvalue weighted by molar-refractivity contribution is 9.11. The molecule has 23 heteroatoms. The van der Waals surface area contributed by atoms with E-state index in [1.165, 1.54) is 27.6 Å². The van der Waals surface area contributed by atoms with Gasteiger partial charge in [-0.15, -0.1) is 0 Å². The van der Waals surface area contributed by atoms with Gasteiger partial charge in [-0.25, -0.2) is 33.4 Å². The molecule has 0 atom stereocenters. The van der Waals surface area contributed by atoms with Gasteiger partial charge < -0.3 is 45.2 Å². The first-order valence-electron chi connectivity index (χ1n) is 20.1. The van der Waals surface area contributed by atoms with E-state index in [1.807, 2.05) is 60.7 Å². The van der Waals surface area contributed by atoms with E-state index in [1.54, 1.807) is 38.2 Å². The van der Waals surface area contributed by atoms with Crippen LogP contribution in [0.3, 0.4) is 0 Å². The number of benzene rings is 2. The number of halogens is 2. The summed E-state index contributed by atoms with van der Waals surface area (Å²) in [6.07, 6.45) is 8.10. The van der Waals surface area contributed by atoms with Crippen molar-refractivity contribution in [1.29, 1.82) is 0 Å². The first kappa shape index (κ1) is 47.5. The molecule has 0 aliphatic carbocycles. The van der Waals surface area contributed by atoms with Crippen LogP contribution in [0.4, 0.5) is 9.59 Å². The fourth-order valence-electron chi connectivity index (χ4n) is 6.32. The highest BCUT2D eigenvalue weighted by Crippen LogP contribution is 2.16. The van der Waals surface area contributed by atoms with Gasteiger partial charge in [-0.3, -0.25) is 14.4 Å². The highest BCUT2D eigenvalue weighted by Gasteiger charge is 2.26. The lowest BCUT2D eigenvalue weighted by Gasteiger charge is -2.34. The van der Waals surface area contributed by atoms with Crippen molar-refractivity contribution >= 4 is 79.0 Å². The van der Waals surface area contributed by atoms with Crippen LogP contribution in [0.15, 0.2) is 107 Å². The van der Waals surface area contributed by atoms with Crippen molar-refractivity contribution in [3.8, 4) is 0 Å². The Bertz CT molecular complexity index is 2600. The van der Waals surface area contributed by atoms with Gasteiger partial charge in [0.25, 0.3) is 5.91 Å². The van der Waals surface area contributed by atoms with Crippen LogP contribution in [0.2, 0.25) is 0 Å². The smallest absolute Gasteiger partial charge is 0.410 e. The van der Waals surface area contributed by atoms with Crippen LogP contribution >= 0.6 is 31.9 Å². The number of ether oxygens (including phenoxy) is 2. The Morgan fingerprint density at radius 1 is 0.600 bits per heavy atom. The summed E-state index contributed by atoms with van der Waals surface area (Å²) in [5, 5.41) is 19.3. The van der Waals surface area contributed by atoms with Gasteiger partial charge in [0, 0.05) is 77.1 Å². The number of piperazine rings is 2. The maximum atomic E-state index is 12.5. The van der Waals surface area contributed by atoms with E-state index in [4.69, 9.17) is 20.3 Å². The molecule has 4 aromatic heterocycles. The molecule has 8 rings (SSSR count). The number of amides is 5. The standard InChI is InChI=1S/C21H21BrN6O4.C14H19N3O3.C7H4BrN3O2/c22-17-11-25-28-13-16(10-23-19(17)28)20(30)24-12-18(29)26-6-8-27(9-7-26)21(31)32-14-15-4-2-1-3-5-15;15-10-13(18)16-6-8-17(9-7-16)14(19)20-11-12-4-2-1-3-5-12;8-5-2-10-11-3-4(7(12)13)1-9-6(5)11/h1-5,10-11,13H,6-9,12,14H2,(H,24,30);1-5H,6-11,15H2;1-3H,(H,12,13). The largest absolute Gasteiger partial charge is 0.478 e. The van der Waals surface area contributed by atoms with Gasteiger partial charge in [0.2, 0.25) is 11.8 Å². The van der Waals surface area contributed by atoms with Crippen molar-refractivity contribution in [3.05, 3.63) is 129 Å². The van der Waals surface area contributed by atoms with Crippen LogP contribution < -0.4 is 11.1 Å². The molecule has 0 unspecified atom stereocenters. The number of hydrogen-bond donors (Lipinski definition) is 3. The molecule has 6 heterocycles. The Balaban J connectivity index is 0.000000180. The molecule has 2 aliphatic heterocycles. The number of aromatic nitrogens is 6. The molecule has 65 heavy (non-hydrogen) atoms. The predicted molar refractivity (Wildman–Crippen MR) is 239 cm³/mol. The second kappa shape index (κ2) is 23.1. The number of carboxylic acid groups (broad SMARTS) is 1. The number of hydrogen-bond acceptors (Lipinski definition) is 13. The molecule has 340 valence electrons. The second-order valence-electron chi connectivity index (χ2n) is 14.2. The first-order chi connectivity index (χ1) is 31.4. The molecule has 0 spiro atoms. The number of nitrogens with two attached hydrogens (primary N) is 1. The van der Waals surface area contributed by atoms with Crippen molar-refractivity contribution in [1.82, 2.24) is 54.1 Å². The molecule has 21 nitrogen and oxygen atoms in total. The van der Waals surface area contributed by atoms with E-state index in [2.05, 4.69) is 57.3 Å². The van der Waals surface area contributed by atoms with Crippen LogP contribution in [0.5, 0.6) is 0 Å². The number of nitrogens with zero attached hydrogens (tertiary/aromatic N) is 10. The summed E-state index contributed by atoms with van der Waals surface area (Å²) in [5.41, 5.74) is 8.79. The molecule has 0 bridgehead atoms. The number of rotatable bonds is 9. The predicted octanol–water partition coefficient (Wildman–Crippen LogP) is 3.32. The molecule has 2 saturated heterocycles. The summed E-state index contributed by atoms with van der Waals surface area (Å²) >= 11 is 6.56. The minimum Gasteiger partial charge on any atom is -0.478 e. The first-order valence-corrected chi connectivity index (χ1v) is 21.6. The number of carboxylic acids is 1. The molecule has 2 fully saturated rings. The molecule has 2 aliphatic rings. The maximum absolute atomic E-state index is 12.5. The van der Waals surface area contributed by atoms with Crippen LogP contribution in [0.25, 0.3) is 11.3 Å². The second-order valence-corrected chi connectivity index (χ2v) is 15.9. The highest BCUT2D eigenvalue weighted by atomic mass is 79.9. The lowest BCUT2D eigenvalue weighted by Crippen LogP contribution is -2.52. The van der Waals surface area contributed by atoms with Gasteiger partial charge in [0.15, 0.2) is 11.3 Å². The Morgan fingerprint density at radius 3 is 1.46 bits per heavy atom. The number of carbonyl (C=O) groups is 6. The Hall–Kier alpha value is -6.98. The zero-order valence-electron chi connectivity index (χ0n) is 34.7. The van der Waals surface area contributed by atoms with Crippen molar-refractivity contribution < 1.29 is 43.3 Å². The minimum absolute atomic E-state index is 0.0124. The monoisotopic (exact) mass is 1020 g/mol. The summed E-state index contributed by atoms with van der Waals surface area (Å²) in [7, 11) is 0. The summed E-state index contributed by atoms with van der Waals surface area (Å²) in [6.45, 7) is 3.85. The van der Waals surface area contributed by atoms with E-state index in [9.17, 15) is 28.8 Å². The number of nitrogens with one attached hydrogen (secondary N) is 1. The van der Waals surface area contributed by atoms with Crippen LogP contribution in [-0.4, -0.2) is 155 Å². The fraction of sp³-hybridized carbons (Fsp3) is 0.286. The van der Waals surface area contributed by atoms with E-state index in [0.29, 0.717) is 69.2 Å². The number of carbonyl (C=O) groups excluding carboxylic acids is 5. The van der Waals surface area contributed by atoms with Crippen molar-refractivity contribution in [2.75, 3.05) is 65.4 Å². The van der Waals surface area contributed by atoms with E-state index in [-0.39, 0.29) is 49.8 Å². The van der Waals surface area contributed by atoms with Gasteiger partial charge in [0.05, 0.1) is 45.6 Å². The van der Waals surface area contributed by atoms with Crippen molar-refractivity contribution in [2.24, 2.45) is 5.73 Å². The molecule has 0 radical (unpaired) electrons. The van der Waals surface area contributed by atoms with E-state index in [0.717, 1.165) is 20.1 Å². The third-order valence-corrected chi connectivity index (χ3v) is 11.0. The molecular weight excluding hydrogens is 976 g/mol. The molecule has 2 aromatic carbocycles. The summed E-state index contributed by atoms with van der Waals surface area (Å²) in [5.74, 6) is -1.72. The third-order valence-electron chi connectivity index (χ3n) is 9.90. The van der Waals surface area contributed by atoms with Crippen LogP contribution in [0.1, 0.15) is 31.8 Å². The summed E-state index contributed by atoms with van der Waals surface area (Å²) in [4.78, 5) is 85.6.